The van der Waals surface area contributed by atoms with E-state index < -0.39 is 15.8 Å². The van der Waals surface area contributed by atoms with Crippen LogP contribution in [0.3, 0.4) is 0 Å². The summed E-state index contributed by atoms with van der Waals surface area (Å²) in [5.41, 5.74) is 3.49. The zero-order valence-corrected chi connectivity index (χ0v) is 46.0. The van der Waals surface area contributed by atoms with E-state index in [-0.39, 0.29) is 20.4 Å². The minimum Gasteiger partial charge on any atom is -0.788 e. The molecule has 0 aliphatic rings. The molecule has 0 heterocycles. The largest absolute Gasteiger partial charge is 0.788 e. The van der Waals surface area contributed by atoms with Gasteiger partial charge in [0.05, 0.1) is 21.3 Å². The van der Waals surface area contributed by atoms with E-state index in [1.165, 1.54) is 31.8 Å². The SMILES string of the molecule is COc1ccc(C[S-])cc1.COc1ccc(C[S-])cc1.COc1ccc(C[S-])cc1.[Re].c1ccc(P(c2ccccc2)c2ccccc2)cc1.c1ccc(P(c2ccccc2)c2ccccc2)cc1. The molecular formula is C60H57O3P2ReS3-3. The zero-order valence-electron chi connectivity index (χ0n) is 39.1. The van der Waals surface area contributed by atoms with Gasteiger partial charge in [0.2, 0.25) is 0 Å². The Morgan fingerprint density at radius 3 is 0.551 bits per heavy atom. The standard InChI is InChI=1S/2C18H15P.3C8H10OS.Re/c2*1-4-10-16(11-5-1)19(17-12-6-2-7-13-17)18-14-8-3-9-15-18;3*1-9-8-4-2-7(6-10)3-5-8;/h2*1-15H;3*2-5,10H,6H2,1H3;/p-3. The molecule has 0 aliphatic carbocycles. The predicted molar refractivity (Wildman–Crippen MR) is 302 cm³/mol. The maximum Gasteiger partial charge on any atom is 0.118 e. The van der Waals surface area contributed by atoms with E-state index in [9.17, 15) is 0 Å². The number of hydrogen-bond acceptors (Lipinski definition) is 6. The molecule has 0 N–H and O–H groups in total. The van der Waals surface area contributed by atoms with Gasteiger partial charge in [-0.15, -0.1) is 0 Å². The molecule has 9 aromatic carbocycles. The van der Waals surface area contributed by atoms with Crippen LogP contribution in [-0.2, 0) is 75.6 Å². The first kappa shape index (κ1) is 56.5. The van der Waals surface area contributed by atoms with E-state index in [4.69, 9.17) is 52.1 Å². The maximum atomic E-state index is 4.98. The predicted octanol–water partition coefficient (Wildman–Crippen LogP) is 12.1. The fraction of sp³-hybridized carbons (Fsp3) is 0.100. The van der Waals surface area contributed by atoms with Gasteiger partial charge in [-0.3, -0.25) is 0 Å². The molecule has 0 atom stereocenters. The van der Waals surface area contributed by atoms with Gasteiger partial charge >= 0.3 is 0 Å². The summed E-state index contributed by atoms with van der Waals surface area (Å²) < 4.78 is 14.9. The second-order valence-electron chi connectivity index (χ2n) is 14.7. The van der Waals surface area contributed by atoms with Gasteiger partial charge < -0.3 is 52.1 Å². The van der Waals surface area contributed by atoms with Gasteiger partial charge in [-0.2, -0.15) is 17.3 Å². The summed E-state index contributed by atoms with van der Waals surface area (Å²) >= 11 is 14.6. The van der Waals surface area contributed by atoms with E-state index in [1.807, 2.05) is 72.8 Å². The quantitative estimate of drug-likeness (QED) is 0.0894. The average molecular weight is 1170 g/mol. The van der Waals surface area contributed by atoms with Crippen molar-refractivity contribution in [1.82, 2.24) is 0 Å². The van der Waals surface area contributed by atoms with E-state index >= 15 is 0 Å². The van der Waals surface area contributed by atoms with Crippen molar-refractivity contribution in [2.75, 3.05) is 21.3 Å². The van der Waals surface area contributed by atoms with E-state index in [1.54, 1.807) is 21.3 Å². The van der Waals surface area contributed by atoms with Crippen LogP contribution < -0.4 is 46.0 Å². The van der Waals surface area contributed by atoms with Crippen molar-refractivity contribution in [3.8, 4) is 17.2 Å². The van der Waals surface area contributed by atoms with Gasteiger partial charge in [-0.05, 0) is 84.1 Å². The Morgan fingerprint density at radius 1 is 0.261 bits per heavy atom. The van der Waals surface area contributed by atoms with Crippen LogP contribution in [0.5, 0.6) is 17.2 Å². The van der Waals surface area contributed by atoms with Crippen molar-refractivity contribution in [2.45, 2.75) is 17.3 Å². The molecule has 353 valence electrons. The summed E-state index contributed by atoms with van der Waals surface area (Å²) in [7, 11) is 4.07. The minimum atomic E-state index is -0.446. The number of ether oxygens (including phenoxy) is 3. The second kappa shape index (κ2) is 33.5. The molecule has 0 spiro atoms. The van der Waals surface area contributed by atoms with Crippen LogP contribution in [0, 0.1) is 0 Å². The van der Waals surface area contributed by atoms with Crippen LogP contribution in [0.25, 0.3) is 0 Å². The Morgan fingerprint density at radius 2 is 0.420 bits per heavy atom. The Bertz CT molecular complexity index is 2170. The number of methoxy groups -OCH3 is 3. The first-order valence-corrected chi connectivity index (χ1v) is 26.4. The summed E-state index contributed by atoms with van der Waals surface area (Å²) in [4.78, 5) is 0. The molecule has 0 unspecified atom stereocenters. The molecule has 0 saturated heterocycles. The Balaban J connectivity index is 0.000000194. The average Bonchev–Trinajstić information content (AvgIpc) is 3.43. The van der Waals surface area contributed by atoms with Crippen LogP contribution >= 0.6 is 15.8 Å². The smallest absolute Gasteiger partial charge is 0.118 e. The molecule has 9 heteroatoms. The molecule has 0 amide bonds. The normalized spacial score (nSPS) is 9.91. The topological polar surface area (TPSA) is 27.7 Å². The molecule has 1 radical (unpaired) electrons. The van der Waals surface area contributed by atoms with Crippen molar-refractivity contribution >= 4 is 85.6 Å². The molecular weight excluding hydrogens is 1110 g/mol. The summed E-state index contributed by atoms with van der Waals surface area (Å²) in [6.07, 6.45) is 0. The third kappa shape index (κ3) is 19.7. The summed E-state index contributed by atoms with van der Waals surface area (Å²) in [6, 6.07) is 88.0. The van der Waals surface area contributed by atoms with Crippen molar-refractivity contribution in [1.29, 1.82) is 0 Å². The maximum absolute atomic E-state index is 4.98. The molecule has 69 heavy (non-hydrogen) atoms. The van der Waals surface area contributed by atoms with Gasteiger partial charge in [0, 0.05) is 20.4 Å². The van der Waals surface area contributed by atoms with E-state index in [0.717, 1.165) is 33.9 Å². The van der Waals surface area contributed by atoms with Gasteiger partial charge in [0.1, 0.15) is 17.2 Å². The van der Waals surface area contributed by atoms with Gasteiger partial charge in [-0.1, -0.05) is 235 Å². The number of hydrogen-bond donors (Lipinski definition) is 0. The minimum absolute atomic E-state index is 0. The second-order valence-corrected chi connectivity index (χ2v) is 20.0. The van der Waals surface area contributed by atoms with Crippen molar-refractivity contribution in [3.63, 3.8) is 0 Å². The molecule has 0 bridgehead atoms. The fourth-order valence-corrected chi connectivity index (χ4v) is 11.7. The van der Waals surface area contributed by atoms with E-state index in [2.05, 4.69) is 182 Å². The van der Waals surface area contributed by atoms with Gasteiger partial charge in [0.15, 0.2) is 0 Å². The van der Waals surface area contributed by atoms with Crippen LogP contribution in [-0.4, -0.2) is 21.3 Å². The molecule has 9 rings (SSSR count). The monoisotopic (exact) mass is 1170 g/mol. The zero-order chi connectivity index (χ0) is 48.0. The van der Waals surface area contributed by atoms with Crippen LogP contribution in [0.1, 0.15) is 16.7 Å². The third-order valence-electron chi connectivity index (χ3n) is 10.1. The summed E-state index contributed by atoms with van der Waals surface area (Å²) in [5, 5.41) is 8.39. The van der Waals surface area contributed by atoms with Crippen molar-refractivity contribution in [3.05, 3.63) is 271 Å². The summed E-state index contributed by atoms with van der Waals surface area (Å²) in [6.45, 7) is 0. The molecule has 0 fully saturated rings. The third-order valence-corrected chi connectivity index (χ3v) is 16.0. The summed E-state index contributed by atoms with van der Waals surface area (Å²) in [5.74, 6) is 4.66. The molecule has 3 nitrogen and oxygen atoms in total. The Hall–Kier alpha value is -5.05. The first-order chi connectivity index (χ1) is 33.5. The Kier molecular flexibility index (Phi) is 27.4. The van der Waals surface area contributed by atoms with Crippen LogP contribution in [0.2, 0.25) is 0 Å². The number of rotatable bonds is 12. The molecule has 0 saturated carbocycles. The van der Waals surface area contributed by atoms with Crippen molar-refractivity contribution in [2.24, 2.45) is 0 Å². The van der Waals surface area contributed by atoms with E-state index in [0.29, 0.717) is 17.3 Å². The van der Waals surface area contributed by atoms with Crippen LogP contribution in [0.4, 0.5) is 0 Å². The first-order valence-electron chi connectivity index (χ1n) is 22.0. The Labute approximate surface area is 444 Å². The van der Waals surface area contributed by atoms with Crippen LogP contribution in [0.15, 0.2) is 255 Å². The number of benzene rings is 9. The fourth-order valence-electron chi connectivity index (χ4n) is 6.52. The van der Waals surface area contributed by atoms with Gasteiger partial charge in [0.25, 0.3) is 0 Å². The molecule has 0 aliphatic heterocycles. The molecule has 0 aromatic heterocycles. The van der Waals surface area contributed by atoms with Crippen molar-refractivity contribution < 1.29 is 34.6 Å². The van der Waals surface area contributed by atoms with Gasteiger partial charge in [-0.25, -0.2) is 0 Å². The molecule has 9 aromatic rings.